The number of nitrogens with one attached hydrogen (secondary N) is 1. The second-order valence-electron chi connectivity index (χ2n) is 4.43. The zero-order chi connectivity index (χ0) is 13.8. The van der Waals surface area contributed by atoms with Crippen LogP contribution in [0.3, 0.4) is 0 Å². The standard InChI is InChI=1S/C14H14N6/c15-11(8-10-4-2-1-3-5-10)13-18-14(20-19-13)12-9-16-6-7-17-12/h1-7,9,11H,8,15H2,(H,18,19,20). The smallest absolute Gasteiger partial charge is 0.201 e. The SMILES string of the molecule is NC(Cc1ccccc1)c1nc(-c2cnccn2)n[nH]1. The summed E-state index contributed by atoms with van der Waals surface area (Å²) in [5.41, 5.74) is 7.94. The average molecular weight is 266 g/mol. The number of nitrogens with zero attached hydrogens (tertiary/aromatic N) is 4. The van der Waals surface area contributed by atoms with Crippen molar-refractivity contribution < 1.29 is 0 Å². The van der Waals surface area contributed by atoms with Crippen molar-refractivity contribution in [2.75, 3.05) is 0 Å². The molecule has 2 aromatic heterocycles. The summed E-state index contributed by atoms with van der Waals surface area (Å²) >= 11 is 0. The molecule has 3 rings (SSSR count). The third kappa shape index (κ3) is 2.70. The highest BCUT2D eigenvalue weighted by Gasteiger charge is 2.13. The molecule has 6 heteroatoms. The Morgan fingerprint density at radius 1 is 1.15 bits per heavy atom. The van der Waals surface area contributed by atoms with Crippen LogP contribution in [0.4, 0.5) is 0 Å². The molecule has 3 aromatic rings. The van der Waals surface area contributed by atoms with Crippen LogP contribution in [-0.4, -0.2) is 25.1 Å². The Morgan fingerprint density at radius 2 is 2.00 bits per heavy atom. The van der Waals surface area contributed by atoms with Crippen LogP contribution in [0.1, 0.15) is 17.4 Å². The Morgan fingerprint density at radius 3 is 2.75 bits per heavy atom. The van der Waals surface area contributed by atoms with Crippen LogP contribution in [0.15, 0.2) is 48.9 Å². The fraction of sp³-hybridized carbons (Fsp3) is 0.143. The van der Waals surface area contributed by atoms with Gasteiger partial charge in [0.15, 0.2) is 0 Å². The Bertz CT molecular complexity index is 664. The molecule has 3 N–H and O–H groups in total. The molecule has 0 spiro atoms. The molecule has 0 amide bonds. The molecule has 0 aliphatic rings. The molecule has 1 aromatic carbocycles. The number of rotatable bonds is 4. The van der Waals surface area contributed by atoms with Crippen molar-refractivity contribution in [2.45, 2.75) is 12.5 Å². The number of nitrogens with two attached hydrogens (primary N) is 1. The van der Waals surface area contributed by atoms with Crippen LogP contribution < -0.4 is 5.73 Å². The fourth-order valence-electron chi connectivity index (χ4n) is 1.93. The Labute approximate surface area is 116 Å². The number of benzene rings is 1. The molecule has 6 nitrogen and oxygen atoms in total. The third-order valence-corrected chi connectivity index (χ3v) is 2.94. The van der Waals surface area contributed by atoms with Gasteiger partial charge in [-0.2, -0.15) is 5.10 Å². The highest BCUT2D eigenvalue weighted by atomic mass is 15.2. The predicted octanol–water partition coefficient (Wildman–Crippen LogP) is 1.50. The van der Waals surface area contributed by atoms with E-state index in [-0.39, 0.29) is 6.04 Å². The van der Waals surface area contributed by atoms with E-state index in [2.05, 4.69) is 25.1 Å². The largest absolute Gasteiger partial charge is 0.321 e. The van der Waals surface area contributed by atoms with Gasteiger partial charge in [0, 0.05) is 12.4 Å². The summed E-state index contributed by atoms with van der Waals surface area (Å²) in [6, 6.07) is 9.83. The topological polar surface area (TPSA) is 93.4 Å². The lowest BCUT2D eigenvalue weighted by Gasteiger charge is -2.07. The molecule has 2 heterocycles. The molecular weight excluding hydrogens is 252 g/mol. The van der Waals surface area contributed by atoms with Crippen LogP contribution >= 0.6 is 0 Å². The third-order valence-electron chi connectivity index (χ3n) is 2.94. The highest BCUT2D eigenvalue weighted by Crippen LogP contribution is 2.15. The maximum atomic E-state index is 6.15. The molecule has 0 bridgehead atoms. The van der Waals surface area contributed by atoms with E-state index in [1.54, 1.807) is 18.6 Å². The van der Waals surface area contributed by atoms with Crippen LogP contribution in [0.2, 0.25) is 0 Å². The molecule has 0 aliphatic carbocycles. The van der Waals surface area contributed by atoms with E-state index in [1.165, 1.54) is 0 Å². The number of aromatic nitrogens is 5. The van der Waals surface area contributed by atoms with Crippen molar-refractivity contribution in [1.82, 2.24) is 25.1 Å². The summed E-state index contributed by atoms with van der Waals surface area (Å²) in [4.78, 5) is 12.5. The minimum absolute atomic E-state index is 0.227. The minimum atomic E-state index is -0.227. The first-order chi connectivity index (χ1) is 9.83. The second-order valence-corrected chi connectivity index (χ2v) is 4.43. The first-order valence-corrected chi connectivity index (χ1v) is 6.31. The van der Waals surface area contributed by atoms with Gasteiger partial charge in [0.05, 0.1) is 12.2 Å². The van der Waals surface area contributed by atoms with Crippen LogP contribution in [0.5, 0.6) is 0 Å². The summed E-state index contributed by atoms with van der Waals surface area (Å²) in [5.74, 6) is 1.16. The van der Waals surface area contributed by atoms with Crippen molar-refractivity contribution in [3.8, 4) is 11.5 Å². The number of H-pyrrole nitrogens is 1. The van der Waals surface area contributed by atoms with E-state index in [0.717, 1.165) is 5.56 Å². The van der Waals surface area contributed by atoms with Gasteiger partial charge >= 0.3 is 0 Å². The molecule has 0 aliphatic heterocycles. The van der Waals surface area contributed by atoms with Gasteiger partial charge in [-0.1, -0.05) is 30.3 Å². The molecule has 0 radical (unpaired) electrons. The normalized spacial score (nSPS) is 12.2. The van der Waals surface area contributed by atoms with Gasteiger partial charge in [0.2, 0.25) is 5.82 Å². The van der Waals surface area contributed by atoms with Crippen molar-refractivity contribution in [2.24, 2.45) is 5.73 Å². The number of aromatic amines is 1. The fourth-order valence-corrected chi connectivity index (χ4v) is 1.93. The lowest BCUT2D eigenvalue weighted by Crippen LogP contribution is -2.15. The van der Waals surface area contributed by atoms with E-state index < -0.39 is 0 Å². The van der Waals surface area contributed by atoms with Crippen molar-refractivity contribution in [3.63, 3.8) is 0 Å². The summed E-state index contributed by atoms with van der Waals surface area (Å²) in [7, 11) is 0. The Kier molecular flexibility index (Phi) is 3.47. The maximum Gasteiger partial charge on any atom is 0.201 e. The van der Waals surface area contributed by atoms with Crippen LogP contribution in [-0.2, 0) is 6.42 Å². The zero-order valence-corrected chi connectivity index (χ0v) is 10.8. The monoisotopic (exact) mass is 266 g/mol. The highest BCUT2D eigenvalue weighted by molar-refractivity contribution is 5.46. The minimum Gasteiger partial charge on any atom is -0.321 e. The first-order valence-electron chi connectivity index (χ1n) is 6.31. The summed E-state index contributed by atoms with van der Waals surface area (Å²) in [6.07, 6.45) is 5.54. The zero-order valence-electron chi connectivity index (χ0n) is 10.8. The van der Waals surface area contributed by atoms with E-state index >= 15 is 0 Å². The molecule has 0 saturated carbocycles. The van der Waals surface area contributed by atoms with Crippen LogP contribution in [0.25, 0.3) is 11.5 Å². The molecular formula is C14H14N6. The summed E-state index contributed by atoms with van der Waals surface area (Å²) in [6.45, 7) is 0. The molecule has 100 valence electrons. The maximum absolute atomic E-state index is 6.15. The van der Waals surface area contributed by atoms with Gasteiger partial charge < -0.3 is 5.73 Å². The summed E-state index contributed by atoms with van der Waals surface area (Å²) in [5, 5.41) is 7.00. The van der Waals surface area contributed by atoms with Crippen molar-refractivity contribution in [1.29, 1.82) is 0 Å². The molecule has 0 saturated heterocycles. The lowest BCUT2D eigenvalue weighted by atomic mass is 10.1. The van der Waals surface area contributed by atoms with Crippen molar-refractivity contribution >= 4 is 0 Å². The predicted molar refractivity (Wildman–Crippen MR) is 74.5 cm³/mol. The van der Waals surface area contributed by atoms with E-state index in [4.69, 9.17) is 5.73 Å². The number of hydrogen-bond acceptors (Lipinski definition) is 5. The van der Waals surface area contributed by atoms with Crippen LogP contribution in [0, 0.1) is 0 Å². The quantitative estimate of drug-likeness (QED) is 0.746. The average Bonchev–Trinajstić information content (AvgIpc) is 2.99. The second kappa shape index (κ2) is 5.58. The lowest BCUT2D eigenvalue weighted by molar-refractivity contribution is 0.671. The molecule has 20 heavy (non-hydrogen) atoms. The van der Waals surface area contributed by atoms with Gasteiger partial charge in [-0.15, -0.1) is 0 Å². The first kappa shape index (κ1) is 12.4. The molecule has 1 atom stereocenters. The Balaban J connectivity index is 1.77. The molecule has 0 fully saturated rings. The molecule has 1 unspecified atom stereocenters. The number of hydrogen-bond donors (Lipinski definition) is 2. The van der Waals surface area contributed by atoms with Gasteiger partial charge in [-0.05, 0) is 12.0 Å². The van der Waals surface area contributed by atoms with Crippen molar-refractivity contribution in [3.05, 3.63) is 60.3 Å². The van der Waals surface area contributed by atoms with E-state index in [9.17, 15) is 0 Å². The van der Waals surface area contributed by atoms with Gasteiger partial charge in [-0.3, -0.25) is 10.1 Å². The van der Waals surface area contributed by atoms with Gasteiger partial charge in [0.25, 0.3) is 0 Å². The summed E-state index contributed by atoms with van der Waals surface area (Å²) < 4.78 is 0. The van der Waals surface area contributed by atoms with Gasteiger partial charge in [0.1, 0.15) is 11.5 Å². The van der Waals surface area contributed by atoms with E-state index in [0.29, 0.717) is 23.8 Å². The van der Waals surface area contributed by atoms with E-state index in [1.807, 2.05) is 30.3 Å². The Hall–Kier alpha value is -2.60. The van der Waals surface area contributed by atoms with Gasteiger partial charge in [-0.25, -0.2) is 9.97 Å².